The summed E-state index contributed by atoms with van der Waals surface area (Å²) in [6.07, 6.45) is 2.17. The van der Waals surface area contributed by atoms with E-state index < -0.39 is 0 Å². The molecule has 1 aliphatic rings. The van der Waals surface area contributed by atoms with Gasteiger partial charge in [0.1, 0.15) is 0 Å². The summed E-state index contributed by atoms with van der Waals surface area (Å²) >= 11 is 0. The summed E-state index contributed by atoms with van der Waals surface area (Å²) in [5, 5.41) is 3.14. The molecule has 2 aromatic carbocycles. The molecule has 4 rings (SSSR count). The molecule has 1 fully saturated rings. The number of oxazole rings is 1. The first-order chi connectivity index (χ1) is 13.2. The van der Waals surface area contributed by atoms with E-state index in [1.165, 1.54) is 0 Å². The van der Waals surface area contributed by atoms with Crippen molar-refractivity contribution >= 4 is 17.0 Å². The molecule has 6 nitrogen and oxygen atoms in total. The van der Waals surface area contributed by atoms with E-state index in [0.717, 1.165) is 37.0 Å². The lowest BCUT2D eigenvalue weighted by atomic mass is 10.0. The van der Waals surface area contributed by atoms with E-state index in [9.17, 15) is 9.59 Å². The second-order valence-electron chi connectivity index (χ2n) is 7.03. The molecule has 0 spiro atoms. The van der Waals surface area contributed by atoms with Crippen LogP contribution in [0, 0.1) is 0 Å². The van der Waals surface area contributed by atoms with Gasteiger partial charge in [0, 0.05) is 19.1 Å². The average molecular weight is 365 g/mol. The number of amides is 1. The molecule has 0 saturated carbocycles. The fraction of sp³-hybridized carbons (Fsp3) is 0.333. The van der Waals surface area contributed by atoms with Crippen LogP contribution in [0.15, 0.2) is 63.8 Å². The van der Waals surface area contributed by atoms with Crippen molar-refractivity contribution < 1.29 is 9.21 Å². The van der Waals surface area contributed by atoms with Gasteiger partial charge in [-0.25, -0.2) is 4.79 Å². The van der Waals surface area contributed by atoms with Crippen LogP contribution in [0.2, 0.25) is 0 Å². The van der Waals surface area contributed by atoms with Crippen LogP contribution in [0.25, 0.3) is 11.1 Å². The van der Waals surface area contributed by atoms with Crippen molar-refractivity contribution in [1.29, 1.82) is 0 Å². The molecule has 0 bridgehead atoms. The number of nitrogens with zero attached hydrogens (tertiary/aromatic N) is 2. The van der Waals surface area contributed by atoms with Gasteiger partial charge >= 0.3 is 5.76 Å². The maximum Gasteiger partial charge on any atom is 0.421 e. The Hall–Kier alpha value is -2.86. The van der Waals surface area contributed by atoms with Gasteiger partial charge in [0.15, 0.2) is 5.58 Å². The highest BCUT2D eigenvalue weighted by atomic mass is 16.4. The van der Waals surface area contributed by atoms with Gasteiger partial charge in [-0.05, 0) is 30.5 Å². The Morgan fingerprint density at radius 2 is 1.74 bits per heavy atom. The van der Waals surface area contributed by atoms with Crippen LogP contribution >= 0.6 is 0 Å². The van der Waals surface area contributed by atoms with Crippen molar-refractivity contribution in [3.05, 3.63) is 70.7 Å². The molecule has 0 atom stereocenters. The summed E-state index contributed by atoms with van der Waals surface area (Å²) in [5.41, 5.74) is 2.46. The van der Waals surface area contributed by atoms with E-state index in [2.05, 4.69) is 10.2 Å². The van der Waals surface area contributed by atoms with Gasteiger partial charge in [0.2, 0.25) is 5.91 Å². The smallest absolute Gasteiger partial charge is 0.408 e. The minimum Gasteiger partial charge on any atom is -0.408 e. The number of piperidine rings is 1. The number of aromatic nitrogens is 1. The molecule has 0 aliphatic carbocycles. The van der Waals surface area contributed by atoms with Gasteiger partial charge < -0.3 is 9.73 Å². The summed E-state index contributed by atoms with van der Waals surface area (Å²) in [6, 6.07) is 17.4. The fourth-order valence-electron chi connectivity index (χ4n) is 3.63. The Kier molecular flexibility index (Phi) is 5.07. The topological polar surface area (TPSA) is 67.5 Å². The van der Waals surface area contributed by atoms with E-state index in [4.69, 9.17) is 4.42 Å². The third-order valence-corrected chi connectivity index (χ3v) is 5.08. The number of carbonyl (C=O) groups is 1. The fourth-order valence-corrected chi connectivity index (χ4v) is 3.63. The summed E-state index contributed by atoms with van der Waals surface area (Å²) < 4.78 is 6.96. The number of para-hydroxylation sites is 2. The van der Waals surface area contributed by atoms with Crippen molar-refractivity contribution in [3.8, 4) is 0 Å². The predicted molar refractivity (Wildman–Crippen MR) is 103 cm³/mol. The highest BCUT2D eigenvalue weighted by Crippen LogP contribution is 2.15. The van der Waals surface area contributed by atoms with Crippen LogP contribution in [0.5, 0.6) is 0 Å². The van der Waals surface area contributed by atoms with Gasteiger partial charge in [-0.2, -0.15) is 0 Å². The zero-order valence-corrected chi connectivity index (χ0v) is 15.1. The number of rotatable bonds is 5. The van der Waals surface area contributed by atoms with Crippen LogP contribution < -0.4 is 11.1 Å². The van der Waals surface area contributed by atoms with E-state index in [0.29, 0.717) is 18.7 Å². The first-order valence-electron chi connectivity index (χ1n) is 9.33. The van der Waals surface area contributed by atoms with Crippen LogP contribution in [0.3, 0.4) is 0 Å². The Labute approximate surface area is 157 Å². The molecule has 27 heavy (non-hydrogen) atoms. The monoisotopic (exact) mass is 365 g/mol. The van der Waals surface area contributed by atoms with Crippen molar-refractivity contribution in [3.63, 3.8) is 0 Å². The van der Waals surface area contributed by atoms with Gasteiger partial charge in [-0.15, -0.1) is 0 Å². The molecule has 0 radical (unpaired) electrons. The molecule has 2 heterocycles. The molecule has 1 aliphatic heterocycles. The number of benzene rings is 2. The van der Waals surface area contributed by atoms with E-state index in [-0.39, 0.29) is 17.7 Å². The normalized spacial score (nSPS) is 15.9. The average Bonchev–Trinajstić information content (AvgIpc) is 2.99. The molecule has 6 heteroatoms. The van der Waals surface area contributed by atoms with Crippen LogP contribution in [0.4, 0.5) is 0 Å². The lowest BCUT2D eigenvalue weighted by molar-refractivity contribution is -0.121. The summed E-state index contributed by atoms with van der Waals surface area (Å²) in [6.45, 7) is 2.19. The second-order valence-corrected chi connectivity index (χ2v) is 7.03. The zero-order chi connectivity index (χ0) is 18.6. The Bertz CT molecular complexity index is 969. The number of fused-ring (bicyclic) bond motifs is 1. The predicted octanol–water partition coefficient (Wildman–Crippen LogP) is 2.38. The minimum absolute atomic E-state index is 0.0664. The summed E-state index contributed by atoms with van der Waals surface area (Å²) in [4.78, 5) is 26.6. The maximum absolute atomic E-state index is 12.2. The Balaban J connectivity index is 1.30. The molecule has 1 N–H and O–H groups in total. The number of likely N-dealkylation sites (tertiary alicyclic amines) is 1. The quantitative estimate of drug-likeness (QED) is 0.754. The summed E-state index contributed by atoms with van der Waals surface area (Å²) in [7, 11) is 0. The van der Waals surface area contributed by atoms with Crippen molar-refractivity contribution in [2.24, 2.45) is 0 Å². The van der Waals surface area contributed by atoms with Crippen LogP contribution in [-0.2, 0) is 17.9 Å². The molecule has 1 saturated heterocycles. The Morgan fingerprint density at radius 3 is 2.52 bits per heavy atom. The largest absolute Gasteiger partial charge is 0.421 e. The van der Waals surface area contributed by atoms with E-state index >= 15 is 0 Å². The minimum atomic E-state index is -0.325. The highest BCUT2D eigenvalue weighted by molar-refractivity contribution is 5.78. The first-order valence-corrected chi connectivity index (χ1v) is 9.33. The number of nitrogens with one attached hydrogen (secondary N) is 1. The third-order valence-electron chi connectivity index (χ3n) is 5.08. The van der Waals surface area contributed by atoms with E-state index in [1.807, 2.05) is 54.6 Å². The highest BCUT2D eigenvalue weighted by Gasteiger charge is 2.22. The third kappa shape index (κ3) is 4.11. The Morgan fingerprint density at radius 1 is 1.04 bits per heavy atom. The maximum atomic E-state index is 12.2. The standard InChI is InChI=1S/C21H23N3O3/c25-20(14-16-6-2-1-3-7-16)22-17-10-12-23(13-11-17)15-24-18-8-4-5-9-19(18)27-21(24)26/h1-9,17H,10-15H2,(H,22,25). The van der Waals surface area contributed by atoms with Crippen LogP contribution in [-0.4, -0.2) is 34.5 Å². The molecule has 1 aromatic heterocycles. The van der Waals surface area contributed by atoms with Gasteiger partial charge in [0.25, 0.3) is 0 Å². The van der Waals surface area contributed by atoms with Crippen molar-refractivity contribution in [2.45, 2.75) is 32.0 Å². The molecule has 140 valence electrons. The van der Waals surface area contributed by atoms with Gasteiger partial charge in [-0.3, -0.25) is 14.3 Å². The molecular formula is C21H23N3O3. The van der Waals surface area contributed by atoms with Crippen molar-refractivity contribution in [1.82, 2.24) is 14.8 Å². The number of carbonyl (C=O) groups excluding carboxylic acids is 1. The molecule has 0 unspecified atom stereocenters. The lowest BCUT2D eigenvalue weighted by Crippen LogP contribution is -2.46. The van der Waals surface area contributed by atoms with Crippen molar-refractivity contribution in [2.75, 3.05) is 13.1 Å². The van der Waals surface area contributed by atoms with E-state index in [1.54, 1.807) is 4.57 Å². The summed E-state index contributed by atoms with van der Waals surface area (Å²) in [5.74, 6) is -0.258. The van der Waals surface area contributed by atoms with Gasteiger partial charge in [-0.1, -0.05) is 42.5 Å². The second kappa shape index (κ2) is 7.80. The SMILES string of the molecule is O=C(Cc1ccccc1)NC1CCN(Cn2c(=O)oc3ccccc32)CC1. The lowest BCUT2D eigenvalue weighted by Gasteiger charge is -2.32. The molecular weight excluding hydrogens is 342 g/mol. The van der Waals surface area contributed by atoms with Crippen LogP contribution in [0.1, 0.15) is 18.4 Å². The molecule has 3 aromatic rings. The zero-order valence-electron chi connectivity index (χ0n) is 15.1. The number of hydrogen-bond donors (Lipinski definition) is 1. The molecule has 1 amide bonds. The first kappa shape index (κ1) is 17.5. The number of hydrogen-bond acceptors (Lipinski definition) is 4. The van der Waals surface area contributed by atoms with Gasteiger partial charge in [0.05, 0.1) is 18.6 Å².